The number of benzene rings is 2. The first kappa shape index (κ1) is 21.0. The molecule has 2 aromatic carbocycles. The summed E-state index contributed by atoms with van der Waals surface area (Å²) in [4.78, 5) is 11.3. The summed E-state index contributed by atoms with van der Waals surface area (Å²) in [6.07, 6.45) is 11.1. The average molecular weight is 369 g/mol. The van der Waals surface area contributed by atoms with Gasteiger partial charge in [0.2, 0.25) is 0 Å². The maximum Gasteiger partial charge on any atom is 0.339 e. The molecule has 0 unspecified atom stereocenters. The fourth-order valence-corrected chi connectivity index (χ4v) is 3.55. The van der Waals surface area contributed by atoms with Crippen LogP contribution in [0.3, 0.4) is 0 Å². The largest absolute Gasteiger partial charge is 0.507 e. The van der Waals surface area contributed by atoms with Crippen molar-refractivity contribution in [3.63, 3.8) is 0 Å². The minimum absolute atomic E-state index is 0.0578. The van der Waals surface area contributed by atoms with E-state index in [-0.39, 0.29) is 11.3 Å². The molecule has 146 valence electrons. The van der Waals surface area contributed by atoms with Gasteiger partial charge in [0, 0.05) is 0 Å². The number of aromatic hydroxyl groups is 1. The monoisotopic (exact) mass is 368 g/mol. The number of hydrogen-bond acceptors (Lipinski definition) is 2. The van der Waals surface area contributed by atoms with E-state index in [0.717, 1.165) is 31.2 Å². The number of rotatable bonds is 12. The van der Waals surface area contributed by atoms with E-state index in [1.165, 1.54) is 49.3 Å². The third-order valence-electron chi connectivity index (χ3n) is 5.07. The fourth-order valence-electron chi connectivity index (χ4n) is 3.55. The van der Waals surface area contributed by atoms with Crippen molar-refractivity contribution in [2.24, 2.45) is 0 Å². The Kier molecular flexibility index (Phi) is 8.90. The summed E-state index contributed by atoms with van der Waals surface area (Å²) in [5, 5.41) is 18.9. The fraction of sp³-hybridized carbons (Fsp3) is 0.458. The van der Waals surface area contributed by atoms with Crippen LogP contribution in [0.15, 0.2) is 42.5 Å². The van der Waals surface area contributed by atoms with Gasteiger partial charge in [-0.15, -0.1) is 0 Å². The van der Waals surface area contributed by atoms with Crippen LogP contribution in [-0.4, -0.2) is 16.2 Å². The highest BCUT2D eigenvalue weighted by Crippen LogP contribution is 2.23. The molecule has 0 radical (unpaired) electrons. The van der Waals surface area contributed by atoms with E-state index in [4.69, 9.17) is 0 Å². The Morgan fingerprint density at radius 3 is 1.93 bits per heavy atom. The van der Waals surface area contributed by atoms with Crippen molar-refractivity contribution in [3.8, 4) is 5.75 Å². The summed E-state index contributed by atoms with van der Waals surface area (Å²) in [5.74, 6) is -1.19. The molecule has 0 spiro atoms. The van der Waals surface area contributed by atoms with Gasteiger partial charge in [0.05, 0.1) is 0 Å². The quantitative estimate of drug-likeness (QED) is 0.441. The van der Waals surface area contributed by atoms with Crippen molar-refractivity contribution < 1.29 is 15.0 Å². The van der Waals surface area contributed by atoms with Gasteiger partial charge in [-0.3, -0.25) is 0 Å². The van der Waals surface area contributed by atoms with Crippen LogP contribution in [0, 0.1) is 0 Å². The van der Waals surface area contributed by atoms with Gasteiger partial charge in [-0.05, 0) is 54.9 Å². The summed E-state index contributed by atoms with van der Waals surface area (Å²) in [6, 6.07) is 14.0. The molecule has 0 aliphatic carbocycles. The number of carboxylic acids is 1. The van der Waals surface area contributed by atoms with E-state index < -0.39 is 5.97 Å². The number of carboxylic acid groups (broad SMARTS) is 1. The van der Waals surface area contributed by atoms with E-state index in [9.17, 15) is 15.0 Å². The van der Waals surface area contributed by atoms with Crippen molar-refractivity contribution >= 4 is 5.97 Å². The topological polar surface area (TPSA) is 57.5 Å². The Bertz CT molecular complexity index is 704. The Labute approximate surface area is 163 Å². The van der Waals surface area contributed by atoms with Crippen molar-refractivity contribution in [1.82, 2.24) is 0 Å². The zero-order valence-electron chi connectivity index (χ0n) is 16.4. The molecule has 2 N–H and O–H groups in total. The molecule has 0 aromatic heterocycles. The smallest absolute Gasteiger partial charge is 0.339 e. The minimum atomic E-state index is -1.05. The second kappa shape index (κ2) is 11.4. The Hall–Kier alpha value is -2.29. The maximum atomic E-state index is 11.3. The van der Waals surface area contributed by atoms with Gasteiger partial charge in [0.25, 0.3) is 0 Å². The third kappa shape index (κ3) is 7.09. The van der Waals surface area contributed by atoms with Gasteiger partial charge < -0.3 is 10.2 Å². The molecule has 0 saturated heterocycles. The Balaban J connectivity index is 1.59. The summed E-state index contributed by atoms with van der Waals surface area (Å²) >= 11 is 0. The van der Waals surface area contributed by atoms with Crippen LogP contribution >= 0.6 is 0 Å². The van der Waals surface area contributed by atoms with Gasteiger partial charge in [0.1, 0.15) is 11.3 Å². The molecule has 0 saturated carbocycles. The lowest BCUT2D eigenvalue weighted by molar-refractivity contribution is 0.0692. The third-order valence-corrected chi connectivity index (χ3v) is 5.07. The zero-order valence-corrected chi connectivity index (χ0v) is 16.4. The lowest BCUT2D eigenvalue weighted by Crippen LogP contribution is -2.03. The number of aryl methyl sites for hydroxylation is 3. The predicted octanol–water partition coefficient (Wildman–Crippen LogP) is 6.17. The molecular weight excluding hydrogens is 336 g/mol. The summed E-state index contributed by atoms with van der Waals surface area (Å²) in [6.45, 7) is 2.21. The number of phenols is 1. The standard InChI is InChI=1S/C24H32O3/c1-2-10-19-15-17-20(18-16-19)11-7-5-3-4-6-8-12-21-13-9-14-22(25)23(21)24(26)27/h9,13-18,25H,2-8,10-12H2,1H3,(H,26,27). The number of hydrogen-bond donors (Lipinski definition) is 2. The minimum Gasteiger partial charge on any atom is -0.507 e. The molecule has 0 amide bonds. The summed E-state index contributed by atoms with van der Waals surface area (Å²) < 4.78 is 0. The molecule has 0 aliphatic heterocycles. The van der Waals surface area contributed by atoms with Gasteiger partial charge >= 0.3 is 5.97 Å². The van der Waals surface area contributed by atoms with Gasteiger partial charge in [-0.1, -0.05) is 75.4 Å². The molecular formula is C24H32O3. The van der Waals surface area contributed by atoms with Crippen molar-refractivity contribution in [3.05, 3.63) is 64.7 Å². The average Bonchev–Trinajstić information content (AvgIpc) is 2.65. The van der Waals surface area contributed by atoms with Crippen LogP contribution in [0.5, 0.6) is 5.75 Å². The highest BCUT2D eigenvalue weighted by Gasteiger charge is 2.14. The van der Waals surface area contributed by atoms with Crippen molar-refractivity contribution in [2.75, 3.05) is 0 Å². The zero-order chi connectivity index (χ0) is 19.5. The van der Waals surface area contributed by atoms with Gasteiger partial charge in [0.15, 0.2) is 0 Å². The number of aromatic carboxylic acids is 1. The number of unbranched alkanes of at least 4 members (excludes halogenated alkanes) is 5. The van der Waals surface area contributed by atoms with Gasteiger partial charge in [-0.2, -0.15) is 0 Å². The first-order valence-corrected chi connectivity index (χ1v) is 10.2. The summed E-state index contributed by atoms with van der Waals surface area (Å²) in [5.41, 5.74) is 3.65. The van der Waals surface area contributed by atoms with Crippen molar-refractivity contribution in [2.45, 2.75) is 71.1 Å². The van der Waals surface area contributed by atoms with Crippen LogP contribution in [-0.2, 0) is 19.3 Å². The van der Waals surface area contributed by atoms with E-state index in [0.29, 0.717) is 6.42 Å². The second-order valence-electron chi connectivity index (χ2n) is 7.30. The Morgan fingerprint density at radius 2 is 1.33 bits per heavy atom. The van der Waals surface area contributed by atoms with Crippen LogP contribution < -0.4 is 0 Å². The van der Waals surface area contributed by atoms with Crippen molar-refractivity contribution in [1.29, 1.82) is 0 Å². The number of carbonyl (C=O) groups is 1. The highest BCUT2D eigenvalue weighted by atomic mass is 16.4. The Morgan fingerprint density at radius 1 is 0.778 bits per heavy atom. The normalized spacial score (nSPS) is 10.9. The molecule has 3 nitrogen and oxygen atoms in total. The molecule has 0 fully saturated rings. The first-order chi connectivity index (χ1) is 13.1. The van der Waals surface area contributed by atoms with Crippen LogP contribution in [0.2, 0.25) is 0 Å². The highest BCUT2D eigenvalue weighted by molar-refractivity contribution is 5.92. The molecule has 0 heterocycles. The lowest BCUT2D eigenvalue weighted by Gasteiger charge is -2.08. The molecule has 0 bridgehead atoms. The van der Waals surface area contributed by atoms with Crippen LogP contribution in [0.4, 0.5) is 0 Å². The van der Waals surface area contributed by atoms with Gasteiger partial charge in [-0.25, -0.2) is 4.79 Å². The second-order valence-corrected chi connectivity index (χ2v) is 7.30. The SMILES string of the molecule is CCCc1ccc(CCCCCCCCc2cccc(O)c2C(=O)O)cc1. The first-order valence-electron chi connectivity index (χ1n) is 10.2. The molecule has 0 aliphatic rings. The molecule has 27 heavy (non-hydrogen) atoms. The van der Waals surface area contributed by atoms with E-state index >= 15 is 0 Å². The maximum absolute atomic E-state index is 11.3. The van der Waals surface area contributed by atoms with E-state index in [1.807, 2.05) is 0 Å². The van der Waals surface area contributed by atoms with E-state index in [2.05, 4.69) is 31.2 Å². The van der Waals surface area contributed by atoms with Crippen LogP contribution in [0.1, 0.15) is 78.9 Å². The van der Waals surface area contributed by atoms with E-state index in [1.54, 1.807) is 12.1 Å². The molecule has 2 aromatic rings. The predicted molar refractivity (Wildman–Crippen MR) is 111 cm³/mol. The molecule has 0 atom stereocenters. The van der Waals surface area contributed by atoms with Crippen LogP contribution in [0.25, 0.3) is 0 Å². The molecule has 2 rings (SSSR count). The molecule has 3 heteroatoms. The summed E-state index contributed by atoms with van der Waals surface area (Å²) in [7, 11) is 0. The lowest BCUT2D eigenvalue weighted by atomic mass is 9.99.